The average molecular weight is 274 g/mol. The predicted octanol–water partition coefficient (Wildman–Crippen LogP) is 3.13. The summed E-state index contributed by atoms with van der Waals surface area (Å²) >= 11 is 1.48. The van der Waals surface area contributed by atoms with Crippen molar-refractivity contribution < 1.29 is 13.9 Å². The number of ether oxygens (including phenoxy) is 1. The summed E-state index contributed by atoms with van der Waals surface area (Å²) in [5.41, 5.74) is 2.46. The zero-order chi connectivity index (χ0) is 13.2. The Morgan fingerprint density at radius 1 is 1.42 bits per heavy atom. The topological polar surface area (TPSA) is 65.2 Å². The van der Waals surface area contributed by atoms with Crippen molar-refractivity contribution in [3.63, 3.8) is 0 Å². The average Bonchev–Trinajstić information content (AvgIpc) is 3.09. The van der Waals surface area contributed by atoms with Gasteiger partial charge in [-0.1, -0.05) is 0 Å². The molecule has 2 heterocycles. The maximum Gasteiger partial charge on any atom is 0.338 e. The van der Waals surface area contributed by atoms with Crippen LogP contribution in [0.15, 0.2) is 34.5 Å². The van der Waals surface area contributed by atoms with Gasteiger partial charge in [0.05, 0.1) is 17.7 Å². The molecule has 0 saturated heterocycles. The standard InChI is InChI=1S/C13H10N2O3S/c1-2-17-13(16)8-5-9(12-14-3-4-19-12)11-10(6-8)15-7-18-11/h3-7H,2H2,1H3. The summed E-state index contributed by atoms with van der Waals surface area (Å²) in [4.78, 5) is 20.2. The van der Waals surface area contributed by atoms with Crippen LogP contribution in [0.3, 0.4) is 0 Å². The number of carbonyl (C=O) groups excluding carboxylic acids is 1. The Hall–Kier alpha value is -2.21. The third-order valence-electron chi connectivity index (χ3n) is 2.61. The van der Waals surface area contributed by atoms with Crippen LogP contribution in [-0.2, 0) is 4.74 Å². The molecule has 3 rings (SSSR count). The minimum atomic E-state index is -0.370. The van der Waals surface area contributed by atoms with E-state index >= 15 is 0 Å². The third-order valence-corrected chi connectivity index (χ3v) is 3.41. The van der Waals surface area contributed by atoms with Crippen LogP contribution in [-0.4, -0.2) is 22.5 Å². The number of hydrogen-bond donors (Lipinski definition) is 0. The van der Waals surface area contributed by atoms with E-state index in [9.17, 15) is 4.79 Å². The SMILES string of the molecule is CCOC(=O)c1cc(-c2nccs2)c2ocnc2c1. The third kappa shape index (κ3) is 2.10. The van der Waals surface area contributed by atoms with E-state index in [0.717, 1.165) is 10.6 Å². The lowest BCUT2D eigenvalue weighted by atomic mass is 10.1. The molecule has 5 nitrogen and oxygen atoms in total. The summed E-state index contributed by atoms with van der Waals surface area (Å²) in [5.74, 6) is -0.370. The molecule has 0 amide bonds. The van der Waals surface area contributed by atoms with E-state index < -0.39 is 0 Å². The molecule has 0 aliphatic heterocycles. The van der Waals surface area contributed by atoms with Gasteiger partial charge >= 0.3 is 5.97 Å². The van der Waals surface area contributed by atoms with Crippen LogP contribution >= 0.6 is 11.3 Å². The zero-order valence-corrected chi connectivity index (χ0v) is 10.9. The molecule has 0 bridgehead atoms. The van der Waals surface area contributed by atoms with E-state index in [4.69, 9.17) is 9.15 Å². The second-order valence-electron chi connectivity index (χ2n) is 3.78. The predicted molar refractivity (Wildman–Crippen MR) is 71.1 cm³/mol. The number of aromatic nitrogens is 2. The van der Waals surface area contributed by atoms with Gasteiger partial charge in [0.2, 0.25) is 0 Å². The molecule has 0 radical (unpaired) electrons. The van der Waals surface area contributed by atoms with Crippen molar-refractivity contribution in [3.05, 3.63) is 35.7 Å². The molecule has 19 heavy (non-hydrogen) atoms. The Morgan fingerprint density at radius 2 is 2.32 bits per heavy atom. The largest absolute Gasteiger partial charge is 0.462 e. The highest BCUT2D eigenvalue weighted by Gasteiger charge is 2.16. The van der Waals surface area contributed by atoms with Gasteiger partial charge in [-0.25, -0.2) is 14.8 Å². The minimum Gasteiger partial charge on any atom is -0.462 e. The first-order valence-electron chi connectivity index (χ1n) is 5.74. The second kappa shape index (κ2) is 4.81. The molecular formula is C13H10N2O3S. The molecule has 0 atom stereocenters. The molecule has 2 aromatic heterocycles. The van der Waals surface area contributed by atoms with Crippen LogP contribution in [0.25, 0.3) is 21.7 Å². The van der Waals surface area contributed by atoms with Crippen molar-refractivity contribution >= 4 is 28.4 Å². The van der Waals surface area contributed by atoms with E-state index in [2.05, 4.69) is 9.97 Å². The van der Waals surface area contributed by atoms with E-state index in [-0.39, 0.29) is 5.97 Å². The fourth-order valence-corrected chi connectivity index (χ4v) is 2.47. The van der Waals surface area contributed by atoms with Crippen molar-refractivity contribution in [2.24, 2.45) is 0 Å². The highest BCUT2D eigenvalue weighted by Crippen LogP contribution is 2.31. The van der Waals surface area contributed by atoms with Gasteiger partial charge in [-0.15, -0.1) is 11.3 Å². The lowest BCUT2D eigenvalue weighted by molar-refractivity contribution is 0.0526. The highest BCUT2D eigenvalue weighted by atomic mass is 32.1. The maximum atomic E-state index is 11.8. The molecule has 3 aromatic rings. The van der Waals surface area contributed by atoms with Gasteiger partial charge in [0.1, 0.15) is 10.5 Å². The monoisotopic (exact) mass is 274 g/mol. The van der Waals surface area contributed by atoms with Gasteiger partial charge in [0, 0.05) is 11.6 Å². The van der Waals surface area contributed by atoms with Crippen LogP contribution in [0.2, 0.25) is 0 Å². The summed E-state index contributed by atoms with van der Waals surface area (Å²) < 4.78 is 10.4. The molecule has 0 aliphatic carbocycles. The number of benzene rings is 1. The first-order valence-corrected chi connectivity index (χ1v) is 6.61. The summed E-state index contributed by atoms with van der Waals surface area (Å²) in [6.07, 6.45) is 3.07. The molecule has 0 N–H and O–H groups in total. The van der Waals surface area contributed by atoms with E-state index in [1.165, 1.54) is 17.7 Å². The van der Waals surface area contributed by atoms with E-state index in [1.807, 2.05) is 5.38 Å². The van der Waals surface area contributed by atoms with Gasteiger partial charge in [-0.05, 0) is 19.1 Å². The molecular weight excluding hydrogens is 264 g/mol. The van der Waals surface area contributed by atoms with Crippen LogP contribution in [0, 0.1) is 0 Å². The molecule has 0 spiro atoms. The smallest absolute Gasteiger partial charge is 0.338 e. The lowest BCUT2D eigenvalue weighted by Crippen LogP contribution is -2.04. The number of nitrogens with zero attached hydrogens (tertiary/aromatic N) is 2. The number of rotatable bonds is 3. The molecule has 0 unspecified atom stereocenters. The minimum absolute atomic E-state index is 0.336. The van der Waals surface area contributed by atoms with Crippen LogP contribution < -0.4 is 0 Å². The fourth-order valence-electron chi connectivity index (χ4n) is 1.82. The first-order chi connectivity index (χ1) is 9.29. The van der Waals surface area contributed by atoms with Crippen molar-refractivity contribution in [1.29, 1.82) is 0 Å². The summed E-state index contributed by atoms with van der Waals surface area (Å²) in [7, 11) is 0. The lowest BCUT2D eigenvalue weighted by Gasteiger charge is -2.04. The van der Waals surface area contributed by atoms with E-state index in [1.54, 1.807) is 25.3 Å². The molecule has 6 heteroatoms. The summed E-state index contributed by atoms with van der Waals surface area (Å²) in [6, 6.07) is 3.39. The van der Waals surface area contributed by atoms with Gasteiger partial charge in [-0.2, -0.15) is 0 Å². The number of oxazole rings is 1. The second-order valence-corrected chi connectivity index (χ2v) is 4.68. The summed E-state index contributed by atoms with van der Waals surface area (Å²) in [5, 5.41) is 2.65. The van der Waals surface area contributed by atoms with Crippen molar-refractivity contribution in [2.45, 2.75) is 6.92 Å². The Labute approximate surface area is 112 Å². The molecule has 0 aliphatic rings. The fraction of sp³-hybridized carbons (Fsp3) is 0.154. The van der Waals surface area contributed by atoms with Gasteiger partial charge in [-0.3, -0.25) is 0 Å². The Morgan fingerprint density at radius 3 is 3.05 bits per heavy atom. The van der Waals surface area contributed by atoms with Gasteiger partial charge < -0.3 is 9.15 Å². The quantitative estimate of drug-likeness (QED) is 0.686. The number of hydrogen-bond acceptors (Lipinski definition) is 6. The molecule has 1 aromatic carbocycles. The van der Waals surface area contributed by atoms with Crippen molar-refractivity contribution in [3.8, 4) is 10.6 Å². The number of carbonyl (C=O) groups is 1. The molecule has 0 fully saturated rings. The summed E-state index contributed by atoms with van der Waals surface area (Å²) in [6.45, 7) is 2.11. The number of fused-ring (bicyclic) bond motifs is 1. The Kier molecular flexibility index (Phi) is 3.00. The number of esters is 1. The van der Waals surface area contributed by atoms with Crippen LogP contribution in [0.1, 0.15) is 17.3 Å². The van der Waals surface area contributed by atoms with Gasteiger partial charge in [0.15, 0.2) is 12.0 Å². The number of thiazole rings is 1. The normalized spacial score (nSPS) is 10.8. The highest BCUT2D eigenvalue weighted by molar-refractivity contribution is 7.13. The zero-order valence-electron chi connectivity index (χ0n) is 10.1. The van der Waals surface area contributed by atoms with Crippen LogP contribution in [0.5, 0.6) is 0 Å². The van der Waals surface area contributed by atoms with Crippen molar-refractivity contribution in [2.75, 3.05) is 6.61 Å². The first kappa shape index (κ1) is 11.9. The molecule has 96 valence electrons. The Balaban J connectivity index is 2.19. The maximum absolute atomic E-state index is 11.8. The van der Waals surface area contributed by atoms with Gasteiger partial charge in [0.25, 0.3) is 0 Å². The van der Waals surface area contributed by atoms with Crippen molar-refractivity contribution in [1.82, 2.24) is 9.97 Å². The van der Waals surface area contributed by atoms with E-state index in [0.29, 0.717) is 23.3 Å². The van der Waals surface area contributed by atoms with Crippen LogP contribution in [0.4, 0.5) is 0 Å². The Bertz CT molecular complexity index is 719. The molecule has 0 saturated carbocycles.